The van der Waals surface area contributed by atoms with Gasteiger partial charge in [0.05, 0.1) is 30.9 Å². The van der Waals surface area contributed by atoms with Crippen molar-refractivity contribution in [2.24, 2.45) is 0 Å². The molecule has 4 aromatic carbocycles. The van der Waals surface area contributed by atoms with Gasteiger partial charge in [-0.3, -0.25) is 9.59 Å². The molecular weight excluding hydrogens is 558 g/mol. The average Bonchev–Trinajstić information content (AvgIpc) is 3.24. The highest BCUT2D eigenvalue weighted by molar-refractivity contribution is 6.20. The number of nitrogens with zero attached hydrogens (tertiary/aromatic N) is 1. The number of imide groups is 1. The van der Waals surface area contributed by atoms with Crippen molar-refractivity contribution in [2.75, 3.05) is 14.2 Å². The van der Waals surface area contributed by atoms with E-state index in [-0.39, 0.29) is 39.9 Å². The van der Waals surface area contributed by atoms with Crippen LogP contribution < -0.4 is 14.2 Å². The summed E-state index contributed by atoms with van der Waals surface area (Å²) in [5.74, 6) is -10.3. The van der Waals surface area contributed by atoms with E-state index in [2.05, 4.69) is 0 Å². The second-order valence-electron chi connectivity index (χ2n) is 9.32. The Bertz CT molecular complexity index is 1630. The first kappa shape index (κ1) is 28.6. The zero-order valence-electron chi connectivity index (χ0n) is 22.5. The first-order chi connectivity index (χ1) is 20.2. The number of benzene rings is 4. The number of carbonyl (C=O) groups excluding carboxylic acids is 2. The van der Waals surface area contributed by atoms with Gasteiger partial charge in [-0.1, -0.05) is 42.0 Å². The molecule has 1 aliphatic rings. The van der Waals surface area contributed by atoms with Crippen molar-refractivity contribution in [3.63, 3.8) is 0 Å². The van der Waals surface area contributed by atoms with Crippen LogP contribution in [-0.4, -0.2) is 31.1 Å². The standard InChI is InChI=1S/C31H23F4NO6/c1-16-8-10-17(11-9-16)15-41-29-26(34)24(32)23(25(33)27(29)35)28(21-13-12-18(39-2)14-22(21)40-3)42-36-30(37)19-6-4-5-7-20(19)31(36)38/h4-14,28H,15H2,1-3H3. The lowest BCUT2D eigenvalue weighted by molar-refractivity contribution is -0.123. The van der Waals surface area contributed by atoms with Gasteiger partial charge in [-0.25, -0.2) is 13.6 Å². The van der Waals surface area contributed by atoms with Crippen LogP contribution in [0.1, 0.15) is 49.1 Å². The van der Waals surface area contributed by atoms with E-state index in [0.29, 0.717) is 5.56 Å². The van der Waals surface area contributed by atoms with Gasteiger partial charge in [-0.2, -0.15) is 8.78 Å². The van der Waals surface area contributed by atoms with Crippen LogP contribution >= 0.6 is 0 Å². The summed E-state index contributed by atoms with van der Waals surface area (Å²) in [7, 11) is 2.59. The zero-order valence-corrected chi connectivity index (χ0v) is 22.5. The molecule has 11 heteroatoms. The Morgan fingerprint density at radius 1 is 0.762 bits per heavy atom. The minimum absolute atomic E-state index is 0.0268. The van der Waals surface area contributed by atoms with Gasteiger partial charge in [-0.15, -0.1) is 5.06 Å². The van der Waals surface area contributed by atoms with Crippen LogP contribution in [-0.2, 0) is 11.4 Å². The molecule has 1 aliphatic heterocycles. The van der Waals surface area contributed by atoms with Crippen molar-refractivity contribution in [3.05, 3.63) is 123 Å². The molecule has 0 aromatic heterocycles. The number of hydrogen-bond acceptors (Lipinski definition) is 6. The molecular formula is C31H23F4NO6. The molecule has 0 radical (unpaired) electrons. The Labute approximate surface area is 237 Å². The van der Waals surface area contributed by atoms with Crippen molar-refractivity contribution in [3.8, 4) is 17.2 Å². The molecule has 1 heterocycles. The van der Waals surface area contributed by atoms with Crippen molar-refractivity contribution >= 4 is 11.8 Å². The maximum atomic E-state index is 15.7. The van der Waals surface area contributed by atoms with Crippen molar-refractivity contribution < 1.29 is 46.2 Å². The largest absolute Gasteiger partial charge is 0.497 e. The number of aryl methyl sites for hydroxylation is 1. The summed E-state index contributed by atoms with van der Waals surface area (Å²) >= 11 is 0. The maximum absolute atomic E-state index is 15.7. The quantitative estimate of drug-likeness (QED) is 0.128. The third-order valence-electron chi connectivity index (χ3n) is 6.71. The minimum atomic E-state index is -2.08. The first-order valence-corrected chi connectivity index (χ1v) is 12.6. The summed E-state index contributed by atoms with van der Waals surface area (Å²) in [6.45, 7) is 1.46. The fourth-order valence-electron chi connectivity index (χ4n) is 4.49. The molecule has 0 aliphatic carbocycles. The maximum Gasteiger partial charge on any atom is 0.285 e. The van der Waals surface area contributed by atoms with Gasteiger partial charge in [0.1, 0.15) is 24.2 Å². The van der Waals surface area contributed by atoms with E-state index in [0.717, 1.165) is 5.56 Å². The van der Waals surface area contributed by atoms with E-state index >= 15 is 17.6 Å². The Morgan fingerprint density at radius 3 is 1.90 bits per heavy atom. The molecule has 7 nitrogen and oxygen atoms in total. The number of hydrogen-bond donors (Lipinski definition) is 0. The molecule has 1 atom stereocenters. The number of fused-ring (bicyclic) bond motifs is 1. The van der Waals surface area contributed by atoms with E-state index in [4.69, 9.17) is 19.0 Å². The van der Waals surface area contributed by atoms with Crippen molar-refractivity contribution in [1.82, 2.24) is 5.06 Å². The van der Waals surface area contributed by atoms with E-state index in [1.165, 1.54) is 56.7 Å². The molecule has 0 saturated carbocycles. The van der Waals surface area contributed by atoms with Crippen LogP contribution in [0.2, 0.25) is 0 Å². The van der Waals surface area contributed by atoms with Gasteiger partial charge in [0.25, 0.3) is 11.8 Å². The summed E-state index contributed by atoms with van der Waals surface area (Å²) in [6.07, 6.45) is -2.08. The molecule has 1 unspecified atom stereocenters. The van der Waals surface area contributed by atoms with Crippen molar-refractivity contribution in [2.45, 2.75) is 19.6 Å². The Balaban J connectivity index is 1.61. The van der Waals surface area contributed by atoms with Crippen LogP contribution in [0.4, 0.5) is 17.6 Å². The lowest BCUT2D eigenvalue weighted by Gasteiger charge is -2.26. The summed E-state index contributed by atoms with van der Waals surface area (Å²) < 4.78 is 77.8. The van der Waals surface area contributed by atoms with E-state index < -0.39 is 52.5 Å². The van der Waals surface area contributed by atoms with Crippen molar-refractivity contribution in [1.29, 1.82) is 0 Å². The predicted molar refractivity (Wildman–Crippen MR) is 141 cm³/mol. The van der Waals surface area contributed by atoms with Gasteiger partial charge in [0.15, 0.2) is 17.4 Å². The molecule has 2 amide bonds. The van der Waals surface area contributed by atoms with E-state index in [9.17, 15) is 9.59 Å². The van der Waals surface area contributed by atoms with Gasteiger partial charge in [-0.05, 0) is 36.8 Å². The summed E-state index contributed by atoms with van der Waals surface area (Å²) in [6, 6.07) is 16.4. The number of ether oxygens (including phenoxy) is 3. The highest BCUT2D eigenvalue weighted by Gasteiger charge is 2.42. The number of carbonyl (C=O) groups is 2. The van der Waals surface area contributed by atoms with Gasteiger partial charge >= 0.3 is 0 Å². The third-order valence-corrected chi connectivity index (χ3v) is 6.71. The number of amides is 2. The van der Waals surface area contributed by atoms with Crippen LogP contribution in [0, 0.1) is 30.2 Å². The molecule has 0 saturated heterocycles. The first-order valence-electron chi connectivity index (χ1n) is 12.6. The summed E-state index contributed by atoms with van der Waals surface area (Å²) in [5, 5.41) is 0.287. The highest BCUT2D eigenvalue weighted by atomic mass is 19.2. The second-order valence-corrected chi connectivity index (χ2v) is 9.32. The molecule has 0 N–H and O–H groups in total. The fourth-order valence-corrected chi connectivity index (χ4v) is 4.49. The summed E-state index contributed by atoms with van der Waals surface area (Å²) in [5.41, 5.74) is -0.0515. The number of rotatable bonds is 9. The van der Waals surface area contributed by atoms with Crippen LogP contribution in [0.5, 0.6) is 17.2 Å². The second kappa shape index (κ2) is 11.5. The molecule has 42 heavy (non-hydrogen) atoms. The minimum Gasteiger partial charge on any atom is -0.497 e. The molecule has 0 bridgehead atoms. The van der Waals surface area contributed by atoms with Gasteiger partial charge in [0, 0.05) is 11.6 Å². The smallest absolute Gasteiger partial charge is 0.285 e. The monoisotopic (exact) mass is 581 g/mol. The molecule has 4 aromatic rings. The lowest BCUT2D eigenvalue weighted by Crippen LogP contribution is -2.33. The molecule has 216 valence electrons. The molecule has 0 fully saturated rings. The van der Waals surface area contributed by atoms with E-state index in [1.807, 2.05) is 6.92 Å². The molecule has 5 rings (SSSR count). The highest BCUT2D eigenvalue weighted by Crippen LogP contribution is 2.42. The summed E-state index contributed by atoms with van der Waals surface area (Å²) in [4.78, 5) is 31.7. The fraction of sp³-hybridized carbons (Fsp3) is 0.161. The predicted octanol–water partition coefficient (Wildman–Crippen LogP) is 6.46. The Kier molecular flexibility index (Phi) is 7.86. The third kappa shape index (κ3) is 5.03. The number of halogens is 4. The topological polar surface area (TPSA) is 74.3 Å². The van der Waals surface area contributed by atoms with Crippen LogP contribution in [0.3, 0.4) is 0 Å². The van der Waals surface area contributed by atoms with Crippen LogP contribution in [0.15, 0.2) is 66.7 Å². The normalized spacial score (nSPS) is 13.3. The average molecular weight is 582 g/mol. The number of methoxy groups -OCH3 is 2. The zero-order chi connectivity index (χ0) is 30.1. The van der Waals surface area contributed by atoms with Gasteiger partial charge in [0.2, 0.25) is 11.6 Å². The van der Waals surface area contributed by atoms with Gasteiger partial charge < -0.3 is 14.2 Å². The molecule has 0 spiro atoms. The Morgan fingerprint density at radius 2 is 1.36 bits per heavy atom. The lowest BCUT2D eigenvalue weighted by atomic mass is 9.98. The Hall–Kier alpha value is -4.90. The number of hydroxylamine groups is 2. The van der Waals surface area contributed by atoms with Crippen LogP contribution in [0.25, 0.3) is 0 Å². The SMILES string of the molecule is COc1ccc(C(ON2C(=O)c3ccccc3C2=O)c2c(F)c(F)c(OCc3ccc(C)cc3)c(F)c2F)c(OC)c1. The van der Waals surface area contributed by atoms with E-state index in [1.54, 1.807) is 24.3 Å².